The molecular weight excluding hydrogens is 406 g/mol. The van der Waals surface area contributed by atoms with Crippen LogP contribution in [0.25, 0.3) is 0 Å². The molecule has 7 nitrogen and oxygen atoms in total. The van der Waals surface area contributed by atoms with Crippen LogP contribution >= 0.6 is 11.6 Å². The van der Waals surface area contributed by atoms with Gasteiger partial charge in [0.15, 0.2) is 11.5 Å². The number of nitrogens with one attached hydrogen (secondary N) is 2. The summed E-state index contributed by atoms with van der Waals surface area (Å²) < 4.78 is 11.1. The van der Waals surface area contributed by atoms with Crippen molar-refractivity contribution < 1.29 is 19.1 Å². The van der Waals surface area contributed by atoms with Gasteiger partial charge in [-0.3, -0.25) is 14.5 Å². The molecule has 0 saturated carbocycles. The van der Waals surface area contributed by atoms with Crippen LogP contribution in [0.2, 0.25) is 5.02 Å². The first kappa shape index (κ1) is 23.5. The van der Waals surface area contributed by atoms with Gasteiger partial charge in [-0.25, -0.2) is 0 Å². The molecule has 162 valence electrons. The summed E-state index contributed by atoms with van der Waals surface area (Å²) in [6.07, 6.45) is 0. The third-order valence-electron chi connectivity index (χ3n) is 4.06. The maximum Gasteiger partial charge on any atom is 0.238 e. The number of benzene rings is 2. The third-order valence-corrected chi connectivity index (χ3v) is 4.31. The zero-order valence-corrected chi connectivity index (χ0v) is 18.3. The highest BCUT2D eigenvalue weighted by Crippen LogP contribution is 2.30. The highest BCUT2D eigenvalue weighted by atomic mass is 35.5. The Morgan fingerprint density at radius 1 is 0.933 bits per heavy atom. The van der Waals surface area contributed by atoms with Crippen molar-refractivity contribution in [3.05, 3.63) is 53.1 Å². The number of carbonyl (C=O) groups excluding carboxylic acids is 2. The summed E-state index contributed by atoms with van der Waals surface area (Å²) in [6.45, 7) is 5.38. The Morgan fingerprint density at radius 3 is 2.23 bits per heavy atom. The van der Waals surface area contributed by atoms with Gasteiger partial charge in [-0.2, -0.15) is 0 Å². The normalized spacial score (nSPS) is 10.6. The fourth-order valence-corrected chi connectivity index (χ4v) is 2.86. The highest BCUT2D eigenvalue weighted by molar-refractivity contribution is 6.30. The molecule has 8 heteroatoms. The second-order valence-corrected chi connectivity index (χ2v) is 7.09. The van der Waals surface area contributed by atoms with Gasteiger partial charge in [0.05, 0.1) is 26.3 Å². The number of hydrogen-bond acceptors (Lipinski definition) is 5. The summed E-state index contributed by atoms with van der Waals surface area (Å²) in [5.41, 5.74) is 1.56. The van der Waals surface area contributed by atoms with Crippen LogP contribution in [0.4, 0.5) is 5.69 Å². The van der Waals surface area contributed by atoms with Gasteiger partial charge >= 0.3 is 0 Å². The molecule has 0 spiro atoms. The fraction of sp³-hybridized carbons (Fsp3) is 0.364. The molecule has 0 atom stereocenters. The van der Waals surface area contributed by atoms with Crippen LogP contribution in [-0.4, -0.2) is 50.1 Å². The first-order chi connectivity index (χ1) is 14.4. The fourth-order valence-electron chi connectivity index (χ4n) is 2.73. The van der Waals surface area contributed by atoms with Crippen molar-refractivity contribution in [2.75, 3.05) is 38.7 Å². The van der Waals surface area contributed by atoms with Crippen LogP contribution < -0.4 is 20.1 Å². The lowest BCUT2D eigenvalue weighted by Gasteiger charge is -2.17. The second kappa shape index (κ2) is 12.0. The number of hydrogen-bond donors (Lipinski definition) is 2. The molecule has 0 aliphatic heterocycles. The van der Waals surface area contributed by atoms with E-state index in [1.54, 1.807) is 42.3 Å². The van der Waals surface area contributed by atoms with E-state index >= 15 is 0 Å². The summed E-state index contributed by atoms with van der Waals surface area (Å²) in [6, 6.07) is 12.5. The number of likely N-dealkylation sites (N-methyl/N-ethyl adjacent to an activating group) is 1. The number of carbonyl (C=O) groups is 2. The van der Waals surface area contributed by atoms with E-state index in [2.05, 4.69) is 10.6 Å². The Bertz CT molecular complexity index is 843. The number of amides is 2. The van der Waals surface area contributed by atoms with Crippen molar-refractivity contribution in [1.29, 1.82) is 0 Å². The average molecular weight is 434 g/mol. The number of nitrogens with zero attached hydrogens (tertiary/aromatic N) is 1. The molecule has 0 radical (unpaired) electrons. The van der Waals surface area contributed by atoms with Crippen molar-refractivity contribution in [1.82, 2.24) is 10.2 Å². The molecule has 0 heterocycles. The van der Waals surface area contributed by atoms with Gasteiger partial charge in [0.2, 0.25) is 11.8 Å². The van der Waals surface area contributed by atoms with Crippen molar-refractivity contribution in [2.45, 2.75) is 20.4 Å². The van der Waals surface area contributed by atoms with E-state index in [4.69, 9.17) is 21.1 Å². The summed E-state index contributed by atoms with van der Waals surface area (Å²) in [4.78, 5) is 26.1. The lowest BCUT2D eigenvalue weighted by molar-refractivity contribution is -0.123. The molecule has 0 aliphatic rings. The van der Waals surface area contributed by atoms with Crippen molar-refractivity contribution in [3.8, 4) is 11.5 Å². The summed E-state index contributed by atoms with van der Waals surface area (Å²) in [5, 5.41) is 6.29. The van der Waals surface area contributed by atoms with Crippen molar-refractivity contribution in [3.63, 3.8) is 0 Å². The molecule has 0 bridgehead atoms. The molecule has 0 saturated heterocycles. The van der Waals surface area contributed by atoms with Gasteiger partial charge in [0.25, 0.3) is 0 Å². The quantitative estimate of drug-likeness (QED) is 0.568. The molecule has 0 unspecified atom stereocenters. The minimum absolute atomic E-state index is 0.0749. The molecular formula is C22H28ClN3O4. The minimum atomic E-state index is -0.227. The predicted molar refractivity (Wildman–Crippen MR) is 118 cm³/mol. The molecule has 0 fully saturated rings. The molecule has 0 aliphatic carbocycles. The first-order valence-corrected chi connectivity index (χ1v) is 10.2. The molecule has 2 aromatic carbocycles. The van der Waals surface area contributed by atoms with E-state index in [0.29, 0.717) is 42.0 Å². The SMILES string of the molecule is CCOc1ccc(NC(=O)CN(C)CC(=O)NCc2ccc(Cl)cc2)cc1OCC. The monoisotopic (exact) mass is 433 g/mol. The number of halogens is 1. The van der Waals surface area contributed by atoms with E-state index in [-0.39, 0.29) is 24.9 Å². The largest absolute Gasteiger partial charge is 0.490 e. The first-order valence-electron chi connectivity index (χ1n) is 9.80. The minimum Gasteiger partial charge on any atom is -0.490 e. The molecule has 0 aromatic heterocycles. The van der Waals surface area contributed by atoms with Gasteiger partial charge < -0.3 is 20.1 Å². The van der Waals surface area contributed by atoms with Crippen molar-refractivity contribution in [2.24, 2.45) is 0 Å². The van der Waals surface area contributed by atoms with E-state index in [0.717, 1.165) is 5.56 Å². The van der Waals surface area contributed by atoms with Crippen LogP contribution in [0.15, 0.2) is 42.5 Å². The van der Waals surface area contributed by atoms with Crippen LogP contribution in [-0.2, 0) is 16.1 Å². The molecule has 30 heavy (non-hydrogen) atoms. The van der Waals surface area contributed by atoms with Gasteiger partial charge in [-0.1, -0.05) is 23.7 Å². The zero-order valence-electron chi connectivity index (χ0n) is 17.5. The van der Waals surface area contributed by atoms with E-state index in [9.17, 15) is 9.59 Å². The Labute approximate surface area is 182 Å². The van der Waals surface area contributed by atoms with Gasteiger partial charge in [0, 0.05) is 23.3 Å². The van der Waals surface area contributed by atoms with Gasteiger partial charge in [-0.05, 0) is 50.7 Å². The van der Waals surface area contributed by atoms with Crippen LogP contribution in [0.3, 0.4) is 0 Å². The van der Waals surface area contributed by atoms with Crippen molar-refractivity contribution >= 4 is 29.1 Å². The Hall–Kier alpha value is -2.77. The van der Waals surface area contributed by atoms with E-state index in [1.807, 2.05) is 26.0 Å². The third kappa shape index (κ3) is 7.93. The Morgan fingerprint density at radius 2 is 1.57 bits per heavy atom. The number of anilines is 1. The van der Waals surface area contributed by atoms with Gasteiger partial charge in [0.1, 0.15) is 0 Å². The molecule has 2 N–H and O–H groups in total. The molecule has 2 amide bonds. The lowest BCUT2D eigenvalue weighted by atomic mass is 10.2. The van der Waals surface area contributed by atoms with Crippen LogP contribution in [0.5, 0.6) is 11.5 Å². The van der Waals surface area contributed by atoms with E-state index < -0.39 is 0 Å². The van der Waals surface area contributed by atoms with Crippen LogP contribution in [0.1, 0.15) is 19.4 Å². The smallest absolute Gasteiger partial charge is 0.238 e. The second-order valence-electron chi connectivity index (χ2n) is 6.65. The summed E-state index contributed by atoms with van der Waals surface area (Å²) >= 11 is 5.85. The predicted octanol–water partition coefficient (Wildman–Crippen LogP) is 3.32. The van der Waals surface area contributed by atoms with Gasteiger partial charge in [-0.15, -0.1) is 0 Å². The van der Waals surface area contributed by atoms with Crippen LogP contribution in [0, 0.1) is 0 Å². The summed E-state index contributed by atoms with van der Waals surface area (Å²) in [7, 11) is 1.71. The Balaban J connectivity index is 1.81. The number of ether oxygens (including phenoxy) is 2. The summed E-state index contributed by atoms with van der Waals surface area (Å²) in [5.74, 6) is 0.813. The zero-order chi connectivity index (χ0) is 21.9. The maximum atomic E-state index is 12.3. The standard InChI is InChI=1S/C22H28ClN3O4/c1-4-29-19-11-10-18(12-20(19)30-5-2)25-22(28)15-26(3)14-21(27)24-13-16-6-8-17(23)9-7-16/h6-12H,4-5,13-15H2,1-3H3,(H,24,27)(H,25,28). The topological polar surface area (TPSA) is 79.9 Å². The number of rotatable bonds is 11. The lowest BCUT2D eigenvalue weighted by Crippen LogP contribution is -2.38. The molecule has 2 aromatic rings. The maximum absolute atomic E-state index is 12.3. The highest BCUT2D eigenvalue weighted by Gasteiger charge is 2.12. The average Bonchev–Trinajstić information content (AvgIpc) is 2.69. The molecule has 2 rings (SSSR count). The van der Waals surface area contributed by atoms with E-state index in [1.165, 1.54) is 0 Å². The Kier molecular flexibility index (Phi) is 9.44.